The van der Waals surface area contributed by atoms with Gasteiger partial charge in [0.25, 0.3) is 6.43 Å². The van der Waals surface area contributed by atoms with Crippen LogP contribution in [0.4, 0.5) is 17.6 Å². The summed E-state index contributed by atoms with van der Waals surface area (Å²) >= 11 is 0. The molecule has 0 fully saturated rings. The zero-order valence-corrected chi connectivity index (χ0v) is 6.95. The summed E-state index contributed by atoms with van der Waals surface area (Å²) in [5, 5.41) is 0. The van der Waals surface area contributed by atoms with E-state index in [1.54, 1.807) is 6.92 Å². The zero-order chi connectivity index (χ0) is 10.0. The second-order valence-corrected chi connectivity index (χ2v) is 2.62. The molecule has 0 bridgehead atoms. The maximum Gasteiger partial charge on any atom is 0.266 e. The molecule has 1 aromatic rings. The van der Waals surface area contributed by atoms with Crippen LogP contribution in [-0.2, 0) is 6.42 Å². The van der Waals surface area contributed by atoms with E-state index < -0.39 is 23.6 Å². The highest BCUT2D eigenvalue weighted by atomic mass is 19.3. The second-order valence-electron chi connectivity index (χ2n) is 2.62. The molecule has 0 radical (unpaired) electrons. The fourth-order valence-electron chi connectivity index (χ4n) is 1.04. The van der Waals surface area contributed by atoms with Crippen molar-refractivity contribution in [1.29, 1.82) is 0 Å². The quantitative estimate of drug-likeness (QED) is 0.629. The van der Waals surface area contributed by atoms with Gasteiger partial charge in [0.15, 0.2) is 0 Å². The minimum atomic E-state index is -2.97. The summed E-state index contributed by atoms with van der Waals surface area (Å²) in [6, 6.07) is 1.37. The summed E-state index contributed by atoms with van der Waals surface area (Å²) in [7, 11) is 0. The average Bonchev–Trinajstić information content (AvgIpc) is 2.07. The number of alkyl halides is 2. The van der Waals surface area contributed by atoms with Crippen LogP contribution in [0.5, 0.6) is 0 Å². The van der Waals surface area contributed by atoms with Crippen molar-refractivity contribution in [2.24, 2.45) is 0 Å². The van der Waals surface area contributed by atoms with E-state index in [1.165, 1.54) is 0 Å². The molecule has 72 valence electrons. The lowest BCUT2D eigenvalue weighted by atomic mass is 10.1. The Morgan fingerprint density at radius 2 is 1.77 bits per heavy atom. The van der Waals surface area contributed by atoms with Gasteiger partial charge in [-0.1, -0.05) is 6.92 Å². The van der Waals surface area contributed by atoms with Crippen molar-refractivity contribution < 1.29 is 17.6 Å². The molecule has 0 aliphatic heterocycles. The number of hydrogen-bond acceptors (Lipinski definition) is 0. The molecule has 0 saturated carbocycles. The number of halogens is 4. The largest absolute Gasteiger partial charge is 0.266 e. The van der Waals surface area contributed by atoms with Crippen LogP contribution in [0, 0.1) is 11.6 Å². The van der Waals surface area contributed by atoms with Crippen LogP contribution in [0.25, 0.3) is 0 Å². The van der Waals surface area contributed by atoms with Gasteiger partial charge in [-0.3, -0.25) is 0 Å². The van der Waals surface area contributed by atoms with E-state index in [2.05, 4.69) is 0 Å². The van der Waals surface area contributed by atoms with Crippen molar-refractivity contribution in [3.63, 3.8) is 0 Å². The maximum absolute atomic E-state index is 12.9. The lowest BCUT2D eigenvalue weighted by Crippen LogP contribution is -1.96. The van der Waals surface area contributed by atoms with E-state index >= 15 is 0 Å². The molecular formula is C9H8F4. The fraction of sp³-hybridized carbons (Fsp3) is 0.333. The monoisotopic (exact) mass is 192 g/mol. The summed E-state index contributed by atoms with van der Waals surface area (Å²) in [5.74, 6) is -1.83. The minimum Gasteiger partial charge on any atom is -0.207 e. The van der Waals surface area contributed by atoms with Gasteiger partial charge in [0.05, 0.1) is 5.56 Å². The number of hydrogen-bond donors (Lipinski definition) is 0. The van der Waals surface area contributed by atoms with Crippen LogP contribution in [0.2, 0.25) is 0 Å². The molecule has 0 nitrogen and oxygen atoms in total. The highest BCUT2D eigenvalue weighted by Crippen LogP contribution is 2.24. The number of rotatable bonds is 2. The Hall–Kier alpha value is -1.06. The van der Waals surface area contributed by atoms with E-state index in [-0.39, 0.29) is 12.0 Å². The molecule has 0 saturated heterocycles. The van der Waals surface area contributed by atoms with Gasteiger partial charge in [-0.15, -0.1) is 0 Å². The first-order valence-electron chi connectivity index (χ1n) is 3.82. The third-order valence-electron chi connectivity index (χ3n) is 1.78. The Morgan fingerprint density at radius 3 is 2.23 bits per heavy atom. The molecule has 1 aromatic carbocycles. The molecule has 0 spiro atoms. The maximum atomic E-state index is 12.9. The summed E-state index contributed by atoms with van der Waals surface area (Å²) < 4.78 is 49.8. The SMILES string of the molecule is CCc1cc(F)c(C(F)F)cc1F. The Bertz CT molecular complexity index is 307. The van der Waals surface area contributed by atoms with Gasteiger partial charge < -0.3 is 0 Å². The molecule has 0 N–H and O–H groups in total. The molecule has 13 heavy (non-hydrogen) atoms. The summed E-state index contributed by atoms with van der Waals surface area (Å²) in [5.41, 5.74) is -0.767. The lowest BCUT2D eigenvalue weighted by Gasteiger charge is -2.05. The van der Waals surface area contributed by atoms with Crippen LogP contribution >= 0.6 is 0 Å². The molecule has 0 aromatic heterocycles. The molecule has 1 rings (SSSR count). The van der Waals surface area contributed by atoms with Crippen LogP contribution in [0.15, 0.2) is 12.1 Å². The van der Waals surface area contributed by atoms with Crippen LogP contribution in [-0.4, -0.2) is 0 Å². The fourth-order valence-corrected chi connectivity index (χ4v) is 1.04. The summed E-state index contributed by atoms with van der Waals surface area (Å²) in [4.78, 5) is 0. The zero-order valence-electron chi connectivity index (χ0n) is 6.95. The molecule has 0 amide bonds. The standard InChI is InChI=1S/C9H8F4/c1-2-5-3-8(11)6(9(12)13)4-7(5)10/h3-4,9H,2H2,1H3. The Balaban J connectivity index is 3.20. The van der Waals surface area contributed by atoms with Gasteiger partial charge in [-0.2, -0.15) is 0 Å². The molecule has 0 aliphatic carbocycles. The van der Waals surface area contributed by atoms with Crippen molar-refractivity contribution in [2.75, 3.05) is 0 Å². The van der Waals surface area contributed by atoms with Crippen molar-refractivity contribution >= 4 is 0 Å². The second kappa shape index (κ2) is 3.77. The van der Waals surface area contributed by atoms with Crippen LogP contribution < -0.4 is 0 Å². The van der Waals surface area contributed by atoms with E-state index in [9.17, 15) is 17.6 Å². The third-order valence-corrected chi connectivity index (χ3v) is 1.78. The predicted octanol–water partition coefficient (Wildman–Crippen LogP) is 3.46. The smallest absolute Gasteiger partial charge is 0.207 e. The van der Waals surface area contributed by atoms with Gasteiger partial charge in [0, 0.05) is 0 Å². The van der Waals surface area contributed by atoms with Crippen LogP contribution in [0.1, 0.15) is 24.5 Å². The van der Waals surface area contributed by atoms with Crippen molar-refractivity contribution in [3.8, 4) is 0 Å². The van der Waals surface area contributed by atoms with Gasteiger partial charge in [0.1, 0.15) is 11.6 Å². The Labute approximate surface area is 73.2 Å². The normalized spacial score (nSPS) is 10.9. The molecule has 0 heterocycles. The summed E-state index contributed by atoms with van der Waals surface area (Å²) in [6.07, 6.45) is -2.69. The van der Waals surface area contributed by atoms with E-state index in [1.807, 2.05) is 0 Å². The Morgan fingerprint density at radius 1 is 1.15 bits per heavy atom. The minimum absolute atomic E-state index is 0.113. The number of benzene rings is 1. The van der Waals surface area contributed by atoms with Gasteiger partial charge in [0.2, 0.25) is 0 Å². The first-order valence-corrected chi connectivity index (χ1v) is 3.82. The lowest BCUT2D eigenvalue weighted by molar-refractivity contribution is 0.145. The first-order chi connectivity index (χ1) is 6.06. The molecular weight excluding hydrogens is 184 g/mol. The van der Waals surface area contributed by atoms with Gasteiger partial charge in [-0.25, -0.2) is 17.6 Å². The van der Waals surface area contributed by atoms with Crippen molar-refractivity contribution in [3.05, 3.63) is 34.9 Å². The molecule has 4 heteroatoms. The first kappa shape index (κ1) is 10.0. The van der Waals surface area contributed by atoms with Gasteiger partial charge in [-0.05, 0) is 24.1 Å². The van der Waals surface area contributed by atoms with Crippen molar-refractivity contribution in [2.45, 2.75) is 19.8 Å². The Kier molecular flexibility index (Phi) is 2.90. The van der Waals surface area contributed by atoms with E-state index in [0.717, 1.165) is 6.07 Å². The topological polar surface area (TPSA) is 0 Å². The highest BCUT2D eigenvalue weighted by Gasteiger charge is 2.16. The van der Waals surface area contributed by atoms with Crippen LogP contribution in [0.3, 0.4) is 0 Å². The molecule has 0 atom stereocenters. The van der Waals surface area contributed by atoms with E-state index in [0.29, 0.717) is 6.07 Å². The average molecular weight is 192 g/mol. The van der Waals surface area contributed by atoms with E-state index in [4.69, 9.17) is 0 Å². The van der Waals surface area contributed by atoms with Crippen molar-refractivity contribution in [1.82, 2.24) is 0 Å². The van der Waals surface area contributed by atoms with Gasteiger partial charge >= 0.3 is 0 Å². The number of aryl methyl sites for hydroxylation is 1. The summed E-state index contributed by atoms with van der Waals surface area (Å²) in [6.45, 7) is 1.62. The third kappa shape index (κ3) is 1.99. The predicted molar refractivity (Wildman–Crippen MR) is 40.7 cm³/mol. The molecule has 0 aliphatic rings. The highest BCUT2D eigenvalue weighted by molar-refractivity contribution is 5.26. The molecule has 0 unspecified atom stereocenters.